The van der Waals surface area contributed by atoms with Gasteiger partial charge in [0.2, 0.25) is 0 Å². The van der Waals surface area contributed by atoms with Crippen LogP contribution >= 0.6 is 11.6 Å². The van der Waals surface area contributed by atoms with Crippen molar-refractivity contribution >= 4 is 29.1 Å². The van der Waals surface area contributed by atoms with E-state index in [9.17, 15) is 19.7 Å². The fourth-order valence-electron chi connectivity index (χ4n) is 1.94. The molecule has 8 heteroatoms. The molecule has 0 radical (unpaired) electrons. The maximum atomic E-state index is 12.0. The van der Waals surface area contributed by atoms with Gasteiger partial charge in [0.05, 0.1) is 4.92 Å². The zero-order valence-corrected chi connectivity index (χ0v) is 13.2. The molecule has 7 nitrogen and oxygen atoms in total. The summed E-state index contributed by atoms with van der Waals surface area (Å²) in [6.45, 7) is 0.420. The van der Waals surface area contributed by atoms with E-state index in [1.165, 1.54) is 12.1 Å². The molecule has 0 bridgehead atoms. The molecule has 2 N–H and O–H groups in total. The molecular formula is C16H14ClN3O4. The number of rotatable bonds is 6. The van der Waals surface area contributed by atoms with Crippen molar-refractivity contribution < 1.29 is 14.5 Å². The molecule has 0 saturated heterocycles. The van der Waals surface area contributed by atoms with E-state index in [2.05, 4.69) is 10.6 Å². The lowest BCUT2D eigenvalue weighted by molar-refractivity contribution is -0.384. The van der Waals surface area contributed by atoms with Crippen molar-refractivity contribution in [3.8, 4) is 0 Å². The Kier molecular flexibility index (Phi) is 5.86. The molecule has 2 aromatic carbocycles. The Morgan fingerprint density at radius 1 is 0.958 bits per heavy atom. The number of carbonyl (C=O) groups is 2. The van der Waals surface area contributed by atoms with Crippen molar-refractivity contribution in [3.63, 3.8) is 0 Å². The molecule has 0 spiro atoms. The van der Waals surface area contributed by atoms with E-state index in [4.69, 9.17) is 11.6 Å². The smallest absolute Gasteiger partial charge is 0.288 e. The zero-order valence-electron chi connectivity index (χ0n) is 12.5. The van der Waals surface area contributed by atoms with Gasteiger partial charge in [-0.3, -0.25) is 19.7 Å². The lowest BCUT2D eigenvalue weighted by atomic mass is 10.2. The molecule has 0 aliphatic rings. The number of carbonyl (C=O) groups excluding carboxylic acids is 2. The fourth-order valence-corrected chi connectivity index (χ4v) is 2.13. The minimum absolute atomic E-state index is 0.0355. The number of nitrogens with one attached hydrogen (secondary N) is 2. The SMILES string of the molecule is O=C(NCCNC(=O)c1ccc(Cl)c([N+](=O)[O-])c1)c1ccccc1. The van der Waals surface area contributed by atoms with Gasteiger partial charge in [-0.05, 0) is 24.3 Å². The second-order valence-corrected chi connectivity index (χ2v) is 5.21. The Bertz CT molecular complexity index is 765. The van der Waals surface area contributed by atoms with E-state index in [1.54, 1.807) is 24.3 Å². The molecule has 124 valence electrons. The molecular weight excluding hydrogens is 334 g/mol. The number of hydrogen-bond donors (Lipinski definition) is 2. The van der Waals surface area contributed by atoms with E-state index in [1.807, 2.05) is 6.07 Å². The van der Waals surface area contributed by atoms with Crippen LogP contribution in [0.1, 0.15) is 20.7 Å². The molecule has 0 aromatic heterocycles. The molecule has 0 fully saturated rings. The predicted octanol–water partition coefficient (Wildman–Crippen LogP) is 2.41. The van der Waals surface area contributed by atoms with Crippen LogP contribution in [0.2, 0.25) is 5.02 Å². The molecule has 2 amide bonds. The van der Waals surface area contributed by atoms with Crippen molar-refractivity contribution in [2.75, 3.05) is 13.1 Å². The third-order valence-corrected chi connectivity index (χ3v) is 3.46. The average molecular weight is 348 g/mol. The quantitative estimate of drug-likeness (QED) is 0.476. The van der Waals surface area contributed by atoms with Crippen LogP contribution in [0.25, 0.3) is 0 Å². The van der Waals surface area contributed by atoms with Gasteiger partial charge in [0.15, 0.2) is 0 Å². The largest absolute Gasteiger partial charge is 0.350 e. The summed E-state index contributed by atoms with van der Waals surface area (Å²) in [4.78, 5) is 33.9. The lowest BCUT2D eigenvalue weighted by Gasteiger charge is -2.07. The van der Waals surface area contributed by atoms with Crippen LogP contribution in [-0.4, -0.2) is 29.8 Å². The zero-order chi connectivity index (χ0) is 17.5. The van der Waals surface area contributed by atoms with Gasteiger partial charge in [-0.15, -0.1) is 0 Å². The van der Waals surface area contributed by atoms with E-state index in [0.717, 1.165) is 6.07 Å². The van der Waals surface area contributed by atoms with Crippen LogP contribution in [0, 0.1) is 10.1 Å². The summed E-state index contributed by atoms with van der Waals surface area (Å²) in [5.41, 5.74) is 0.319. The monoisotopic (exact) mass is 347 g/mol. The molecule has 2 rings (SSSR count). The van der Waals surface area contributed by atoms with Gasteiger partial charge in [-0.2, -0.15) is 0 Å². The highest BCUT2D eigenvalue weighted by atomic mass is 35.5. The summed E-state index contributed by atoms with van der Waals surface area (Å²) in [6.07, 6.45) is 0. The summed E-state index contributed by atoms with van der Waals surface area (Å²) in [5.74, 6) is -0.726. The van der Waals surface area contributed by atoms with Crippen LogP contribution < -0.4 is 10.6 Å². The van der Waals surface area contributed by atoms with Crippen LogP contribution in [0.5, 0.6) is 0 Å². The number of nitrogens with zero attached hydrogens (tertiary/aromatic N) is 1. The van der Waals surface area contributed by atoms with Gasteiger partial charge in [0.25, 0.3) is 17.5 Å². The summed E-state index contributed by atoms with van der Waals surface area (Å²) < 4.78 is 0. The van der Waals surface area contributed by atoms with Gasteiger partial charge < -0.3 is 10.6 Å². The third kappa shape index (κ3) is 4.53. The number of amides is 2. The highest BCUT2D eigenvalue weighted by Crippen LogP contribution is 2.24. The van der Waals surface area contributed by atoms with Crippen molar-refractivity contribution in [2.24, 2.45) is 0 Å². The van der Waals surface area contributed by atoms with Gasteiger partial charge in [-0.25, -0.2) is 0 Å². The third-order valence-electron chi connectivity index (χ3n) is 3.14. The number of hydrogen-bond acceptors (Lipinski definition) is 4. The molecule has 2 aromatic rings. The average Bonchev–Trinajstić information content (AvgIpc) is 2.59. The van der Waals surface area contributed by atoms with Crippen molar-refractivity contribution in [1.82, 2.24) is 10.6 Å². The van der Waals surface area contributed by atoms with Crippen molar-refractivity contribution in [1.29, 1.82) is 0 Å². The number of nitro benzene ring substituents is 1. The number of halogens is 1. The minimum Gasteiger partial charge on any atom is -0.350 e. The second-order valence-electron chi connectivity index (χ2n) is 4.80. The molecule has 0 unspecified atom stereocenters. The second kappa shape index (κ2) is 8.07. The van der Waals surface area contributed by atoms with Crippen LogP contribution in [0.3, 0.4) is 0 Å². The van der Waals surface area contributed by atoms with Crippen molar-refractivity contribution in [3.05, 3.63) is 74.8 Å². The minimum atomic E-state index is -0.654. The highest BCUT2D eigenvalue weighted by molar-refractivity contribution is 6.32. The van der Waals surface area contributed by atoms with E-state index in [-0.39, 0.29) is 35.3 Å². The standard InChI is InChI=1S/C16H14ClN3O4/c17-13-7-6-12(10-14(13)20(23)24)16(22)19-9-8-18-15(21)11-4-2-1-3-5-11/h1-7,10H,8-9H2,(H,18,21)(H,19,22). The van der Waals surface area contributed by atoms with Gasteiger partial charge in [-0.1, -0.05) is 29.8 Å². The molecule has 0 heterocycles. The molecule has 0 saturated carbocycles. The highest BCUT2D eigenvalue weighted by Gasteiger charge is 2.16. The fraction of sp³-hybridized carbons (Fsp3) is 0.125. The maximum Gasteiger partial charge on any atom is 0.288 e. The Labute approximate surface area is 142 Å². The van der Waals surface area contributed by atoms with E-state index >= 15 is 0 Å². The maximum absolute atomic E-state index is 12.0. The molecule has 0 aliphatic carbocycles. The summed E-state index contributed by atoms with van der Waals surface area (Å²) in [7, 11) is 0. The first-order chi connectivity index (χ1) is 11.5. The Balaban J connectivity index is 1.84. The first-order valence-electron chi connectivity index (χ1n) is 7.04. The summed E-state index contributed by atoms with van der Waals surface area (Å²) in [6, 6.07) is 12.5. The van der Waals surface area contributed by atoms with Gasteiger partial charge in [0, 0.05) is 30.3 Å². The summed E-state index contributed by atoms with van der Waals surface area (Å²) in [5, 5.41) is 16.0. The van der Waals surface area contributed by atoms with E-state index < -0.39 is 10.8 Å². The van der Waals surface area contributed by atoms with Crippen LogP contribution in [-0.2, 0) is 0 Å². The predicted molar refractivity (Wildman–Crippen MR) is 89.2 cm³/mol. The number of benzene rings is 2. The normalized spacial score (nSPS) is 10.0. The molecule has 0 atom stereocenters. The first kappa shape index (κ1) is 17.4. The van der Waals surface area contributed by atoms with Crippen molar-refractivity contribution in [2.45, 2.75) is 0 Å². The Morgan fingerprint density at radius 2 is 1.54 bits per heavy atom. The van der Waals surface area contributed by atoms with Gasteiger partial charge in [0.1, 0.15) is 5.02 Å². The lowest BCUT2D eigenvalue weighted by Crippen LogP contribution is -2.34. The molecule has 0 aliphatic heterocycles. The van der Waals surface area contributed by atoms with Crippen LogP contribution in [0.15, 0.2) is 48.5 Å². The number of nitro groups is 1. The Hall–Kier alpha value is -2.93. The summed E-state index contributed by atoms with van der Waals surface area (Å²) >= 11 is 5.69. The Morgan fingerprint density at radius 3 is 2.12 bits per heavy atom. The van der Waals surface area contributed by atoms with Crippen LogP contribution in [0.4, 0.5) is 5.69 Å². The van der Waals surface area contributed by atoms with E-state index in [0.29, 0.717) is 5.56 Å². The topological polar surface area (TPSA) is 101 Å². The first-order valence-corrected chi connectivity index (χ1v) is 7.42. The molecule has 24 heavy (non-hydrogen) atoms. The van der Waals surface area contributed by atoms with Gasteiger partial charge >= 0.3 is 0 Å².